The Balaban J connectivity index is 2.13. The number of morpholine rings is 1. The third-order valence-corrected chi connectivity index (χ3v) is 3.71. The number of aliphatic hydroxyl groups excluding tert-OH is 1. The molecule has 0 radical (unpaired) electrons. The van der Waals surface area contributed by atoms with Crippen LogP contribution in [0.1, 0.15) is 19.4 Å². The van der Waals surface area contributed by atoms with Crippen LogP contribution in [-0.4, -0.2) is 48.0 Å². The van der Waals surface area contributed by atoms with Crippen molar-refractivity contribution in [3.05, 3.63) is 35.6 Å². The Bertz CT molecular complexity index is 424. The molecule has 1 heterocycles. The molecule has 1 unspecified atom stereocenters. The number of aliphatic hydroxyl groups is 1. The van der Waals surface area contributed by atoms with Gasteiger partial charge in [0.05, 0.1) is 13.2 Å². The van der Waals surface area contributed by atoms with Gasteiger partial charge in [-0.2, -0.15) is 0 Å². The minimum atomic E-state index is -0.615. The van der Waals surface area contributed by atoms with Crippen molar-refractivity contribution in [3.63, 3.8) is 0 Å². The molecule has 0 spiro atoms. The Morgan fingerprint density at radius 1 is 1.47 bits per heavy atom. The molecule has 0 saturated carbocycles. The van der Waals surface area contributed by atoms with E-state index in [1.165, 1.54) is 12.1 Å². The van der Waals surface area contributed by atoms with Gasteiger partial charge in [-0.25, -0.2) is 4.39 Å². The van der Waals surface area contributed by atoms with Gasteiger partial charge in [-0.3, -0.25) is 4.90 Å². The summed E-state index contributed by atoms with van der Waals surface area (Å²) in [7, 11) is 0. The maximum Gasteiger partial charge on any atom is 0.123 e. The van der Waals surface area contributed by atoms with Crippen molar-refractivity contribution < 1.29 is 14.2 Å². The van der Waals surface area contributed by atoms with Crippen LogP contribution in [0.5, 0.6) is 0 Å². The maximum absolute atomic E-state index is 13.2. The summed E-state index contributed by atoms with van der Waals surface area (Å²) in [5.41, 5.74) is 0.246. The fourth-order valence-electron chi connectivity index (χ4n) is 2.59. The van der Waals surface area contributed by atoms with Gasteiger partial charge in [0.1, 0.15) is 11.4 Å². The monoisotopic (exact) mass is 267 g/mol. The molecule has 1 fully saturated rings. The Morgan fingerprint density at radius 2 is 2.26 bits per heavy atom. The molecule has 3 nitrogen and oxygen atoms in total. The van der Waals surface area contributed by atoms with Gasteiger partial charge in [-0.05, 0) is 31.5 Å². The van der Waals surface area contributed by atoms with Crippen molar-refractivity contribution in [1.82, 2.24) is 4.90 Å². The highest BCUT2D eigenvalue weighted by atomic mass is 19.1. The largest absolute Gasteiger partial charge is 0.393 e. The third kappa shape index (κ3) is 3.53. The van der Waals surface area contributed by atoms with E-state index in [-0.39, 0.29) is 12.4 Å². The van der Waals surface area contributed by atoms with Crippen LogP contribution in [0.2, 0.25) is 0 Å². The van der Waals surface area contributed by atoms with E-state index >= 15 is 0 Å². The van der Waals surface area contributed by atoms with Gasteiger partial charge in [0, 0.05) is 25.6 Å². The molecule has 1 aliphatic heterocycles. The van der Waals surface area contributed by atoms with Crippen molar-refractivity contribution in [2.24, 2.45) is 0 Å². The highest BCUT2D eigenvalue weighted by Gasteiger charge is 2.37. The molecule has 0 aromatic heterocycles. The van der Waals surface area contributed by atoms with Crippen molar-refractivity contribution in [2.75, 3.05) is 26.3 Å². The average Bonchev–Trinajstić information content (AvgIpc) is 2.39. The molecule has 1 aromatic carbocycles. The lowest BCUT2D eigenvalue weighted by molar-refractivity contribution is -0.137. The first-order valence-electron chi connectivity index (χ1n) is 6.78. The molecule has 19 heavy (non-hydrogen) atoms. The van der Waals surface area contributed by atoms with Gasteiger partial charge >= 0.3 is 0 Å². The Hall–Kier alpha value is -0.970. The lowest BCUT2D eigenvalue weighted by atomic mass is 9.92. The molecule has 1 atom stereocenters. The highest BCUT2D eigenvalue weighted by Crippen LogP contribution is 2.24. The van der Waals surface area contributed by atoms with Gasteiger partial charge < -0.3 is 9.84 Å². The SMILES string of the molecule is CC(C)N1CCOC(CO)(Cc2cccc(F)c2)C1. The number of nitrogens with zero attached hydrogens (tertiary/aromatic N) is 1. The Labute approximate surface area is 114 Å². The van der Waals surface area contributed by atoms with E-state index in [0.29, 0.717) is 25.6 Å². The second-order valence-electron chi connectivity index (χ2n) is 5.56. The quantitative estimate of drug-likeness (QED) is 0.903. The zero-order valence-corrected chi connectivity index (χ0v) is 11.6. The topological polar surface area (TPSA) is 32.7 Å². The number of halogens is 1. The number of rotatable bonds is 4. The van der Waals surface area contributed by atoms with Gasteiger partial charge in [0.25, 0.3) is 0 Å². The minimum Gasteiger partial charge on any atom is -0.393 e. The van der Waals surface area contributed by atoms with Crippen LogP contribution >= 0.6 is 0 Å². The Morgan fingerprint density at radius 3 is 2.89 bits per heavy atom. The van der Waals surface area contributed by atoms with E-state index in [2.05, 4.69) is 18.7 Å². The van der Waals surface area contributed by atoms with Crippen molar-refractivity contribution in [3.8, 4) is 0 Å². The van der Waals surface area contributed by atoms with Gasteiger partial charge in [-0.15, -0.1) is 0 Å². The summed E-state index contributed by atoms with van der Waals surface area (Å²) in [6.07, 6.45) is 0.532. The molecule has 1 aliphatic rings. The summed E-state index contributed by atoms with van der Waals surface area (Å²) in [6, 6.07) is 6.92. The van der Waals surface area contributed by atoms with E-state index in [4.69, 9.17) is 4.74 Å². The zero-order chi connectivity index (χ0) is 13.9. The highest BCUT2D eigenvalue weighted by molar-refractivity contribution is 5.19. The Kier molecular flexibility index (Phi) is 4.55. The molecule has 0 bridgehead atoms. The molecule has 2 rings (SSSR count). The lowest BCUT2D eigenvalue weighted by Gasteiger charge is -2.43. The number of hydrogen-bond donors (Lipinski definition) is 1. The third-order valence-electron chi connectivity index (χ3n) is 3.71. The number of hydrogen-bond acceptors (Lipinski definition) is 3. The summed E-state index contributed by atoms with van der Waals surface area (Å²) in [4.78, 5) is 2.29. The summed E-state index contributed by atoms with van der Waals surface area (Å²) < 4.78 is 19.1. The average molecular weight is 267 g/mol. The van der Waals surface area contributed by atoms with Crippen LogP contribution in [0.4, 0.5) is 4.39 Å². The van der Waals surface area contributed by atoms with E-state index < -0.39 is 5.60 Å². The smallest absolute Gasteiger partial charge is 0.123 e. The van der Waals surface area contributed by atoms with Crippen molar-refractivity contribution >= 4 is 0 Å². The first-order chi connectivity index (χ1) is 9.04. The van der Waals surface area contributed by atoms with Gasteiger partial charge in [0.2, 0.25) is 0 Å². The van der Waals surface area contributed by atoms with Crippen molar-refractivity contribution in [1.29, 1.82) is 0 Å². The number of benzene rings is 1. The molecular weight excluding hydrogens is 245 g/mol. The van der Waals surface area contributed by atoms with Crippen LogP contribution in [0.25, 0.3) is 0 Å². The molecule has 1 aromatic rings. The van der Waals surface area contributed by atoms with E-state index in [0.717, 1.165) is 12.1 Å². The fraction of sp³-hybridized carbons (Fsp3) is 0.600. The minimum absolute atomic E-state index is 0.0489. The number of ether oxygens (including phenoxy) is 1. The molecule has 4 heteroatoms. The molecule has 1 N–H and O–H groups in total. The summed E-state index contributed by atoms with van der Waals surface area (Å²) in [6.45, 7) is 6.38. The van der Waals surface area contributed by atoms with E-state index in [9.17, 15) is 9.50 Å². The van der Waals surface area contributed by atoms with Crippen LogP contribution in [0.15, 0.2) is 24.3 Å². The van der Waals surface area contributed by atoms with Crippen LogP contribution < -0.4 is 0 Å². The standard InChI is InChI=1S/C15H22FNO2/c1-12(2)17-6-7-19-15(10-17,11-18)9-13-4-3-5-14(16)8-13/h3-5,8,12,18H,6-7,9-11H2,1-2H3. The fourth-order valence-corrected chi connectivity index (χ4v) is 2.59. The predicted molar refractivity (Wildman–Crippen MR) is 72.6 cm³/mol. The second-order valence-corrected chi connectivity index (χ2v) is 5.56. The zero-order valence-electron chi connectivity index (χ0n) is 11.6. The van der Waals surface area contributed by atoms with Gasteiger partial charge in [0.15, 0.2) is 0 Å². The van der Waals surface area contributed by atoms with Gasteiger partial charge in [-0.1, -0.05) is 12.1 Å². The lowest BCUT2D eigenvalue weighted by Crippen LogP contribution is -2.56. The molecule has 106 valence electrons. The first-order valence-corrected chi connectivity index (χ1v) is 6.78. The summed E-state index contributed by atoms with van der Waals surface area (Å²) in [5, 5.41) is 9.73. The summed E-state index contributed by atoms with van der Waals surface area (Å²) in [5.74, 6) is -0.248. The van der Waals surface area contributed by atoms with E-state index in [1.54, 1.807) is 6.07 Å². The van der Waals surface area contributed by atoms with E-state index in [1.807, 2.05) is 6.07 Å². The molecule has 0 amide bonds. The first kappa shape index (κ1) is 14.4. The molecular formula is C15H22FNO2. The van der Waals surface area contributed by atoms with Crippen LogP contribution in [-0.2, 0) is 11.2 Å². The normalized spacial score (nSPS) is 24.9. The van der Waals surface area contributed by atoms with Crippen molar-refractivity contribution in [2.45, 2.75) is 31.9 Å². The molecule has 0 aliphatic carbocycles. The summed E-state index contributed by atoms with van der Waals surface area (Å²) >= 11 is 0. The molecule has 1 saturated heterocycles. The van der Waals surface area contributed by atoms with Crippen LogP contribution in [0.3, 0.4) is 0 Å². The maximum atomic E-state index is 13.2. The predicted octanol–water partition coefficient (Wildman–Crippen LogP) is 1.84. The second kappa shape index (κ2) is 5.99. The van der Waals surface area contributed by atoms with Crippen LogP contribution in [0, 0.1) is 5.82 Å².